The number of H-pyrrole nitrogens is 1. The highest BCUT2D eigenvalue weighted by Gasteiger charge is 2.08. The summed E-state index contributed by atoms with van der Waals surface area (Å²) < 4.78 is 4.62. The fourth-order valence-electron chi connectivity index (χ4n) is 2.53. The summed E-state index contributed by atoms with van der Waals surface area (Å²) in [7, 11) is 1.31. The minimum atomic E-state index is -0.422. The molecule has 0 bridgehead atoms. The largest absolute Gasteiger partial charge is 0.465 e. The molecular weight excluding hydrogens is 360 g/mol. The summed E-state index contributed by atoms with van der Waals surface area (Å²) >= 11 is 0. The Morgan fingerprint density at radius 1 is 1.18 bits per heavy atom. The van der Waals surface area contributed by atoms with Crippen molar-refractivity contribution >= 4 is 29.1 Å². The van der Waals surface area contributed by atoms with Gasteiger partial charge in [-0.3, -0.25) is 9.59 Å². The lowest BCUT2D eigenvalue weighted by molar-refractivity contribution is -0.121. The smallest absolute Gasteiger partial charge is 0.337 e. The van der Waals surface area contributed by atoms with E-state index in [1.165, 1.54) is 13.3 Å². The fraction of sp³-hybridized carbons (Fsp3) is 0.150. The number of aromatic amines is 1. The molecule has 28 heavy (non-hydrogen) atoms. The van der Waals surface area contributed by atoms with Crippen LogP contribution in [0.5, 0.6) is 0 Å². The van der Waals surface area contributed by atoms with E-state index in [-0.39, 0.29) is 24.3 Å². The van der Waals surface area contributed by atoms with Crippen LogP contribution < -0.4 is 11.0 Å². The third kappa shape index (κ3) is 4.67. The van der Waals surface area contributed by atoms with Gasteiger partial charge >= 0.3 is 5.97 Å². The first-order chi connectivity index (χ1) is 13.6. The number of aromatic nitrogens is 2. The van der Waals surface area contributed by atoms with Gasteiger partial charge in [-0.1, -0.05) is 24.3 Å². The van der Waals surface area contributed by atoms with E-state index in [2.05, 4.69) is 25.2 Å². The van der Waals surface area contributed by atoms with Crippen LogP contribution in [-0.2, 0) is 16.0 Å². The number of benzene rings is 2. The fourth-order valence-corrected chi connectivity index (χ4v) is 2.53. The predicted octanol–water partition coefficient (Wildman–Crippen LogP) is 1.79. The number of nitrogens with one attached hydrogen (secondary N) is 2. The van der Waals surface area contributed by atoms with Gasteiger partial charge in [0.2, 0.25) is 5.91 Å². The first-order valence-electron chi connectivity index (χ1n) is 8.55. The van der Waals surface area contributed by atoms with Gasteiger partial charge in [0.15, 0.2) is 0 Å². The molecule has 2 N–H and O–H groups in total. The van der Waals surface area contributed by atoms with Crippen LogP contribution in [0.4, 0.5) is 0 Å². The number of carbonyl (C=O) groups is 2. The first-order valence-corrected chi connectivity index (χ1v) is 8.55. The molecule has 0 atom stereocenters. The van der Waals surface area contributed by atoms with Gasteiger partial charge in [-0.05, 0) is 29.8 Å². The lowest BCUT2D eigenvalue weighted by atomic mass is 10.1. The molecule has 142 valence electrons. The molecule has 0 fully saturated rings. The zero-order valence-electron chi connectivity index (χ0n) is 15.1. The molecule has 0 aliphatic carbocycles. The summed E-state index contributed by atoms with van der Waals surface area (Å²) in [5, 5.41) is 3.87. The molecule has 0 saturated carbocycles. The summed E-state index contributed by atoms with van der Waals surface area (Å²) in [6, 6.07) is 13.8. The van der Waals surface area contributed by atoms with E-state index in [0.29, 0.717) is 27.9 Å². The van der Waals surface area contributed by atoms with Gasteiger partial charge in [0.25, 0.3) is 5.56 Å². The molecule has 1 aromatic heterocycles. The Balaban J connectivity index is 1.54. The molecule has 0 aliphatic heterocycles. The molecule has 0 radical (unpaired) electrons. The van der Waals surface area contributed by atoms with Crippen LogP contribution in [0.25, 0.3) is 11.0 Å². The van der Waals surface area contributed by atoms with E-state index in [4.69, 9.17) is 0 Å². The number of hydrazone groups is 1. The highest BCUT2D eigenvalue weighted by molar-refractivity contribution is 5.90. The Morgan fingerprint density at radius 3 is 2.68 bits per heavy atom. The molecule has 0 spiro atoms. The number of nitrogens with zero attached hydrogens (tertiary/aromatic N) is 2. The Hall–Kier alpha value is -3.81. The van der Waals surface area contributed by atoms with Crippen molar-refractivity contribution in [2.75, 3.05) is 7.11 Å². The lowest BCUT2D eigenvalue weighted by Crippen LogP contribution is -2.21. The number of esters is 1. The second-order valence-corrected chi connectivity index (χ2v) is 5.94. The zero-order valence-corrected chi connectivity index (χ0v) is 15.1. The lowest BCUT2D eigenvalue weighted by Gasteiger charge is -2.02. The van der Waals surface area contributed by atoms with Crippen molar-refractivity contribution < 1.29 is 14.3 Å². The number of hydrogen-bond donors (Lipinski definition) is 2. The van der Waals surface area contributed by atoms with E-state index < -0.39 is 5.97 Å². The molecule has 2 aromatic carbocycles. The number of carbonyl (C=O) groups excluding carboxylic acids is 2. The van der Waals surface area contributed by atoms with Gasteiger partial charge < -0.3 is 9.72 Å². The number of para-hydroxylation sites is 2. The quantitative estimate of drug-likeness (QED) is 0.386. The van der Waals surface area contributed by atoms with Crippen molar-refractivity contribution in [3.05, 3.63) is 75.7 Å². The summed E-state index contributed by atoms with van der Waals surface area (Å²) in [5.74, 6) is -0.758. The van der Waals surface area contributed by atoms with Crippen LogP contribution in [0.2, 0.25) is 0 Å². The van der Waals surface area contributed by atoms with Crippen LogP contribution in [0.3, 0.4) is 0 Å². The average Bonchev–Trinajstić information content (AvgIpc) is 2.72. The number of fused-ring (bicyclic) bond motifs is 1. The SMILES string of the molecule is COC(=O)c1ccc(/C=N/NC(=O)CCc2nc3ccccc3[nH]c2=O)cc1. The van der Waals surface area contributed by atoms with Crippen molar-refractivity contribution in [1.82, 2.24) is 15.4 Å². The predicted molar refractivity (Wildman–Crippen MR) is 104 cm³/mol. The first kappa shape index (κ1) is 19.0. The van der Waals surface area contributed by atoms with Crippen molar-refractivity contribution in [1.29, 1.82) is 0 Å². The van der Waals surface area contributed by atoms with Gasteiger partial charge in [-0.25, -0.2) is 15.2 Å². The number of ether oxygens (including phenoxy) is 1. The highest BCUT2D eigenvalue weighted by Crippen LogP contribution is 2.07. The van der Waals surface area contributed by atoms with Crippen LogP contribution in [0, 0.1) is 0 Å². The minimum absolute atomic E-state index is 0.0764. The van der Waals surface area contributed by atoms with E-state index >= 15 is 0 Å². The molecule has 1 amide bonds. The summed E-state index contributed by atoms with van der Waals surface area (Å²) in [4.78, 5) is 42.4. The van der Waals surface area contributed by atoms with E-state index in [9.17, 15) is 14.4 Å². The van der Waals surface area contributed by atoms with Gasteiger partial charge in [-0.2, -0.15) is 5.10 Å². The number of amides is 1. The Morgan fingerprint density at radius 2 is 1.93 bits per heavy atom. The van der Waals surface area contributed by atoms with Crippen molar-refractivity contribution in [2.45, 2.75) is 12.8 Å². The van der Waals surface area contributed by atoms with Gasteiger partial charge in [-0.15, -0.1) is 0 Å². The molecule has 0 saturated heterocycles. The Labute approximate surface area is 160 Å². The molecular formula is C20H18N4O4. The summed E-state index contributed by atoms with van der Waals surface area (Å²) in [5.41, 5.74) is 4.87. The van der Waals surface area contributed by atoms with E-state index in [1.54, 1.807) is 36.4 Å². The highest BCUT2D eigenvalue weighted by atomic mass is 16.5. The van der Waals surface area contributed by atoms with E-state index in [1.807, 2.05) is 12.1 Å². The average molecular weight is 378 g/mol. The van der Waals surface area contributed by atoms with Gasteiger partial charge in [0.05, 0.1) is 29.9 Å². The molecule has 1 heterocycles. The molecule has 3 aromatic rings. The number of methoxy groups -OCH3 is 1. The van der Waals surface area contributed by atoms with Crippen LogP contribution in [0.1, 0.15) is 28.0 Å². The number of aryl methyl sites for hydroxylation is 1. The Bertz CT molecular complexity index is 1090. The second kappa shape index (κ2) is 8.72. The van der Waals surface area contributed by atoms with Gasteiger partial charge in [0.1, 0.15) is 5.69 Å². The second-order valence-electron chi connectivity index (χ2n) is 5.94. The number of rotatable bonds is 6. The van der Waals surface area contributed by atoms with Crippen LogP contribution >= 0.6 is 0 Å². The third-order valence-corrected chi connectivity index (χ3v) is 3.99. The molecule has 8 heteroatoms. The normalized spacial score (nSPS) is 10.9. The Kier molecular flexibility index (Phi) is 5.91. The topological polar surface area (TPSA) is 114 Å². The molecule has 3 rings (SSSR count). The molecule has 0 aliphatic rings. The standard InChI is InChI=1S/C20H18N4O4/c1-28-20(27)14-8-6-13(7-9-14)12-21-24-18(25)11-10-17-19(26)23-16-5-3-2-4-15(16)22-17/h2-9,12H,10-11H2,1H3,(H,23,26)(H,24,25)/b21-12+. The zero-order chi connectivity index (χ0) is 19.9. The maximum Gasteiger partial charge on any atom is 0.337 e. The maximum atomic E-state index is 12.0. The summed E-state index contributed by atoms with van der Waals surface area (Å²) in [6.45, 7) is 0. The minimum Gasteiger partial charge on any atom is -0.465 e. The van der Waals surface area contributed by atoms with E-state index in [0.717, 1.165) is 0 Å². The summed E-state index contributed by atoms with van der Waals surface area (Å²) in [6.07, 6.45) is 1.74. The third-order valence-electron chi connectivity index (χ3n) is 3.99. The number of hydrogen-bond acceptors (Lipinski definition) is 6. The molecule has 0 unspecified atom stereocenters. The van der Waals surface area contributed by atoms with Crippen LogP contribution in [-0.4, -0.2) is 35.2 Å². The van der Waals surface area contributed by atoms with Crippen molar-refractivity contribution in [3.63, 3.8) is 0 Å². The maximum absolute atomic E-state index is 12.0. The van der Waals surface area contributed by atoms with Crippen LogP contribution in [0.15, 0.2) is 58.4 Å². The van der Waals surface area contributed by atoms with Crippen molar-refractivity contribution in [2.24, 2.45) is 5.10 Å². The molecule has 8 nitrogen and oxygen atoms in total. The van der Waals surface area contributed by atoms with Crippen molar-refractivity contribution in [3.8, 4) is 0 Å². The van der Waals surface area contributed by atoms with Gasteiger partial charge in [0, 0.05) is 12.8 Å². The monoisotopic (exact) mass is 378 g/mol.